The van der Waals surface area contributed by atoms with Gasteiger partial charge in [0.1, 0.15) is 5.75 Å². The van der Waals surface area contributed by atoms with Gasteiger partial charge in [0.05, 0.1) is 18.4 Å². The summed E-state index contributed by atoms with van der Waals surface area (Å²) in [6.45, 7) is 9.24. The highest BCUT2D eigenvalue weighted by atomic mass is 16.5. The van der Waals surface area contributed by atoms with Crippen molar-refractivity contribution in [2.24, 2.45) is 0 Å². The van der Waals surface area contributed by atoms with Gasteiger partial charge in [-0.05, 0) is 46.5 Å². The van der Waals surface area contributed by atoms with Crippen LogP contribution in [-0.2, 0) is 10.2 Å². The quantitative estimate of drug-likeness (QED) is 0.242. The van der Waals surface area contributed by atoms with Crippen LogP contribution in [0.3, 0.4) is 0 Å². The molecule has 204 valence electrons. The molecule has 0 radical (unpaired) electrons. The van der Waals surface area contributed by atoms with Gasteiger partial charge in [-0.2, -0.15) is 0 Å². The highest BCUT2D eigenvalue weighted by molar-refractivity contribution is 6.39. The van der Waals surface area contributed by atoms with Crippen LogP contribution in [0.15, 0.2) is 121 Å². The second-order valence-corrected chi connectivity index (χ2v) is 11.1. The van der Waals surface area contributed by atoms with E-state index in [1.165, 1.54) is 5.56 Å². The zero-order valence-electron chi connectivity index (χ0n) is 24.2. The second kappa shape index (κ2) is 9.97. The number of para-hydroxylation sites is 2. The maximum Gasteiger partial charge on any atom is 0.259 e. The predicted molar refractivity (Wildman–Crippen MR) is 170 cm³/mol. The zero-order chi connectivity index (χ0) is 28.9. The molecule has 4 aromatic carbocycles. The first-order chi connectivity index (χ1) is 19.8. The Labute approximate surface area is 242 Å². The van der Waals surface area contributed by atoms with Crippen LogP contribution in [0.4, 0.5) is 11.4 Å². The third kappa shape index (κ3) is 4.10. The minimum atomic E-state index is -0.357. The van der Waals surface area contributed by atoms with Gasteiger partial charge in [0.2, 0.25) is 0 Å². The fourth-order valence-electron chi connectivity index (χ4n) is 6.42. The fourth-order valence-corrected chi connectivity index (χ4v) is 6.42. The summed E-state index contributed by atoms with van der Waals surface area (Å²) in [5.74, 6) is 0.756. The normalized spacial score (nSPS) is 17.7. The Hall–Kier alpha value is -4.83. The molecule has 2 aliphatic heterocycles. The highest BCUT2D eigenvalue weighted by Gasteiger charge is 2.43. The number of allylic oxidation sites excluding steroid dienone is 4. The number of nitrogens with zero attached hydrogens (tertiary/aromatic N) is 2. The average molecular weight is 539 g/mol. The van der Waals surface area contributed by atoms with Crippen LogP contribution in [0.25, 0.3) is 16.7 Å². The predicted octanol–water partition coefficient (Wildman–Crippen LogP) is 7.98. The molecule has 0 atom stereocenters. The standard InChI is InChI=1S/C37H34N2O2/c1-24(25-20-22-27(41-6)23-21-25)32(35-37(2,3)29-17-11-13-19-31(29)38(35)4)33(26-14-8-7-9-15-26)34-28-16-10-12-18-30(28)39(5)36(34)40/h7-23H,1H2,2-6H3/b34-33-,35-32+. The summed E-state index contributed by atoms with van der Waals surface area (Å²) >= 11 is 0. The highest BCUT2D eigenvalue weighted by Crippen LogP contribution is 2.54. The molecule has 0 N–H and O–H groups in total. The molecular formula is C37H34N2O2. The Morgan fingerprint density at radius 1 is 0.732 bits per heavy atom. The number of likely N-dealkylation sites (N-methyl/N-ethyl adjacent to an activating group) is 2. The van der Waals surface area contributed by atoms with E-state index >= 15 is 0 Å². The maximum atomic E-state index is 14.2. The molecule has 41 heavy (non-hydrogen) atoms. The van der Waals surface area contributed by atoms with Gasteiger partial charge in [-0.25, -0.2) is 0 Å². The number of carbonyl (C=O) groups is 1. The van der Waals surface area contributed by atoms with E-state index in [9.17, 15) is 4.79 Å². The smallest absolute Gasteiger partial charge is 0.259 e. The molecule has 6 rings (SSSR count). The summed E-state index contributed by atoms with van der Waals surface area (Å²) in [6, 6.07) is 34.8. The van der Waals surface area contributed by atoms with Crippen molar-refractivity contribution in [2.75, 3.05) is 31.0 Å². The van der Waals surface area contributed by atoms with Crippen LogP contribution in [0.5, 0.6) is 5.75 Å². The lowest BCUT2D eigenvalue weighted by molar-refractivity contribution is -0.112. The summed E-state index contributed by atoms with van der Waals surface area (Å²) in [5.41, 5.74) is 10.3. The van der Waals surface area contributed by atoms with Crippen LogP contribution < -0.4 is 14.5 Å². The van der Waals surface area contributed by atoms with Crippen molar-refractivity contribution in [3.63, 3.8) is 0 Å². The van der Waals surface area contributed by atoms with E-state index in [0.29, 0.717) is 5.57 Å². The summed E-state index contributed by atoms with van der Waals surface area (Å²) in [7, 11) is 5.64. The van der Waals surface area contributed by atoms with Crippen LogP contribution in [0, 0.1) is 0 Å². The van der Waals surface area contributed by atoms with E-state index < -0.39 is 0 Å². The van der Waals surface area contributed by atoms with Crippen molar-refractivity contribution in [2.45, 2.75) is 19.3 Å². The summed E-state index contributed by atoms with van der Waals surface area (Å²) in [6.07, 6.45) is 0. The Morgan fingerprint density at radius 3 is 2.00 bits per heavy atom. The van der Waals surface area contributed by atoms with E-state index in [4.69, 9.17) is 11.3 Å². The molecule has 0 unspecified atom stereocenters. The second-order valence-electron chi connectivity index (χ2n) is 11.1. The Balaban J connectivity index is 1.76. The topological polar surface area (TPSA) is 32.8 Å². The minimum absolute atomic E-state index is 0.0262. The Kier molecular flexibility index (Phi) is 6.42. The van der Waals surface area contributed by atoms with Crippen LogP contribution >= 0.6 is 0 Å². The number of fused-ring (bicyclic) bond motifs is 2. The maximum absolute atomic E-state index is 14.2. The van der Waals surface area contributed by atoms with Crippen LogP contribution in [-0.4, -0.2) is 27.1 Å². The Bertz CT molecular complexity index is 1740. The van der Waals surface area contributed by atoms with E-state index in [1.807, 2.05) is 73.8 Å². The van der Waals surface area contributed by atoms with Gasteiger partial charge in [0.25, 0.3) is 5.91 Å². The number of hydrogen-bond donors (Lipinski definition) is 0. The molecule has 0 aromatic heterocycles. The van der Waals surface area contributed by atoms with Crippen molar-refractivity contribution in [3.8, 4) is 5.75 Å². The van der Waals surface area contributed by atoms with Gasteiger partial charge in [-0.3, -0.25) is 4.79 Å². The first-order valence-electron chi connectivity index (χ1n) is 13.8. The van der Waals surface area contributed by atoms with Gasteiger partial charge in [-0.15, -0.1) is 0 Å². The molecule has 0 saturated carbocycles. The van der Waals surface area contributed by atoms with Crippen molar-refractivity contribution in [3.05, 3.63) is 143 Å². The first-order valence-corrected chi connectivity index (χ1v) is 13.8. The number of rotatable bonds is 5. The van der Waals surface area contributed by atoms with Gasteiger partial charge < -0.3 is 14.5 Å². The number of carbonyl (C=O) groups excluding carboxylic acids is 1. The van der Waals surface area contributed by atoms with Crippen molar-refractivity contribution >= 4 is 34.0 Å². The first kappa shape index (κ1) is 26.4. The van der Waals surface area contributed by atoms with E-state index in [-0.39, 0.29) is 11.3 Å². The molecule has 2 heterocycles. The number of benzene rings is 4. The molecule has 0 spiro atoms. The largest absolute Gasteiger partial charge is 0.497 e. The number of methoxy groups -OCH3 is 1. The van der Waals surface area contributed by atoms with E-state index in [0.717, 1.165) is 56.2 Å². The Morgan fingerprint density at radius 2 is 1.34 bits per heavy atom. The van der Waals surface area contributed by atoms with Crippen molar-refractivity contribution in [1.29, 1.82) is 0 Å². The molecule has 4 heteroatoms. The van der Waals surface area contributed by atoms with Gasteiger partial charge in [0, 0.05) is 47.6 Å². The van der Waals surface area contributed by atoms with Gasteiger partial charge in [0.15, 0.2) is 0 Å². The molecule has 0 fully saturated rings. The van der Waals surface area contributed by atoms with Gasteiger partial charge in [-0.1, -0.05) is 99.3 Å². The molecular weight excluding hydrogens is 504 g/mol. The molecule has 1 amide bonds. The lowest BCUT2D eigenvalue weighted by Gasteiger charge is -2.31. The van der Waals surface area contributed by atoms with Crippen LogP contribution in [0.1, 0.15) is 36.1 Å². The summed E-state index contributed by atoms with van der Waals surface area (Å²) < 4.78 is 5.46. The third-order valence-corrected chi connectivity index (χ3v) is 8.46. The number of ether oxygens (including phenoxy) is 1. The lowest BCUT2D eigenvalue weighted by Crippen LogP contribution is -2.26. The summed E-state index contributed by atoms with van der Waals surface area (Å²) in [4.78, 5) is 18.2. The summed E-state index contributed by atoms with van der Waals surface area (Å²) in [5, 5.41) is 0. The number of hydrogen-bond acceptors (Lipinski definition) is 3. The molecule has 2 aliphatic rings. The van der Waals surface area contributed by atoms with Crippen LogP contribution in [0.2, 0.25) is 0 Å². The van der Waals surface area contributed by atoms with Crippen molar-refractivity contribution < 1.29 is 9.53 Å². The van der Waals surface area contributed by atoms with Gasteiger partial charge >= 0.3 is 0 Å². The lowest BCUT2D eigenvalue weighted by atomic mass is 9.76. The minimum Gasteiger partial charge on any atom is -0.497 e. The number of anilines is 2. The number of amides is 1. The van der Waals surface area contributed by atoms with Crippen molar-refractivity contribution in [1.82, 2.24) is 0 Å². The fraction of sp³-hybridized carbons (Fsp3) is 0.162. The van der Waals surface area contributed by atoms with E-state index in [1.54, 1.807) is 12.0 Å². The molecule has 0 aliphatic carbocycles. The monoisotopic (exact) mass is 538 g/mol. The average Bonchev–Trinajstić information content (AvgIpc) is 3.37. The molecule has 0 saturated heterocycles. The molecule has 4 aromatic rings. The zero-order valence-corrected chi connectivity index (χ0v) is 24.2. The van der Waals surface area contributed by atoms with E-state index in [2.05, 4.69) is 62.2 Å². The third-order valence-electron chi connectivity index (χ3n) is 8.46. The molecule has 4 nitrogen and oxygen atoms in total. The molecule has 0 bridgehead atoms. The SMILES string of the molecule is C=C(C(/C(=C1\C(=O)N(C)c2ccccc21)c1ccccc1)=C1\N(C)c2ccccc2C1(C)C)c1ccc(OC)cc1.